The van der Waals surface area contributed by atoms with E-state index in [2.05, 4.69) is 27.0 Å². The molecule has 0 unspecified atom stereocenters. The third-order valence-corrected chi connectivity index (χ3v) is 4.31. The molecule has 3 aromatic rings. The summed E-state index contributed by atoms with van der Waals surface area (Å²) >= 11 is 3.18. The van der Waals surface area contributed by atoms with E-state index < -0.39 is 0 Å². The van der Waals surface area contributed by atoms with Crippen LogP contribution >= 0.6 is 15.9 Å². The number of aryl methyl sites for hydroxylation is 1. The monoisotopic (exact) mass is 381 g/mol. The Labute approximate surface area is 147 Å². The lowest BCUT2D eigenvalue weighted by Crippen LogP contribution is -2.00. The van der Waals surface area contributed by atoms with E-state index in [0.717, 1.165) is 11.1 Å². The van der Waals surface area contributed by atoms with Crippen LogP contribution in [0.3, 0.4) is 0 Å². The molecule has 0 atom stereocenters. The maximum absolute atomic E-state index is 13.5. The molecule has 0 radical (unpaired) electrons. The predicted octanol–water partition coefficient (Wildman–Crippen LogP) is 5.08. The minimum absolute atomic E-state index is 0.159. The van der Waals surface area contributed by atoms with Crippen molar-refractivity contribution < 1.29 is 4.39 Å². The Kier molecular flexibility index (Phi) is 4.32. The maximum atomic E-state index is 13.5. The number of rotatable bonds is 2. The first-order valence-electron chi connectivity index (χ1n) is 7.22. The van der Waals surface area contributed by atoms with Crippen LogP contribution in [0.4, 0.5) is 10.2 Å². The van der Waals surface area contributed by atoms with E-state index in [0.29, 0.717) is 21.3 Å². The highest BCUT2D eigenvalue weighted by Crippen LogP contribution is 2.33. The van der Waals surface area contributed by atoms with Gasteiger partial charge in [-0.2, -0.15) is 5.26 Å². The predicted molar refractivity (Wildman–Crippen MR) is 96.6 cm³/mol. The van der Waals surface area contributed by atoms with Crippen LogP contribution in [-0.4, -0.2) is 4.98 Å². The number of hydrogen-bond acceptors (Lipinski definition) is 3. The first-order chi connectivity index (χ1) is 11.5. The molecule has 5 heteroatoms. The maximum Gasteiger partial charge on any atom is 0.142 e. The molecular formula is C19H13BrFN3. The Bertz CT molecular complexity index is 977. The molecule has 0 aliphatic heterocycles. The summed E-state index contributed by atoms with van der Waals surface area (Å²) in [4.78, 5) is 4.35. The number of benzene rings is 2. The average Bonchev–Trinajstić information content (AvgIpc) is 2.56. The molecule has 1 heterocycles. The second-order valence-corrected chi connectivity index (χ2v) is 6.28. The van der Waals surface area contributed by atoms with Crippen LogP contribution in [0.2, 0.25) is 0 Å². The summed E-state index contributed by atoms with van der Waals surface area (Å²) in [5.74, 6) is -0.204. The van der Waals surface area contributed by atoms with Gasteiger partial charge in [-0.3, -0.25) is 0 Å². The summed E-state index contributed by atoms with van der Waals surface area (Å²) in [5.41, 5.74) is 10.3. The molecule has 24 heavy (non-hydrogen) atoms. The average molecular weight is 382 g/mol. The fraction of sp³-hybridized carbons (Fsp3) is 0.0526. The minimum atomic E-state index is -0.363. The number of nitrogen functional groups attached to an aromatic ring is 1. The van der Waals surface area contributed by atoms with Crippen molar-refractivity contribution >= 4 is 21.7 Å². The molecule has 0 aliphatic rings. The van der Waals surface area contributed by atoms with E-state index in [1.165, 1.54) is 6.07 Å². The van der Waals surface area contributed by atoms with Crippen LogP contribution in [0, 0.1) is 24.1 Å². The van der Waals surface area contributed by atoms with Crippen LogP contribution in [0.15, 0.2) is 53.0 Å². The van der Waals surface area contributed by atoms with E-state index in [1.54, 1.807) is 12.1 Å². The number of aromatic nitrogens is 1. The smallest absolute Gasteiger partial charge is 0.142 e. The second kappa shape index (κ2) is 6.42. The van der Waals surface area contributed by atoms with Crippen LogP contribution in [-0.2, 0) is 0 Å². The summed E-state index contributed by atoms with van der Waals surface area (Å²) in [6.45, 7) is 1.99. The largest absolute Gasteiger partial charge is 0.383 e. The number of nitrogens with zero attached hydrogens (tertiary/aromatic N) is 2. The topological polar surface area (TPSA) is 62.7 Å². The van der Waals surface area contributed by atoms with Gasteiger partial charge in [0, 0.05) is 11.1 Å². The van der Waals surface area contributed by atoms with Gasteiger partial charge in [0.05, 0.1) is 10.2 Å². The Morgan fingerprint density at radius 3 is 2.58 bits per heavy atom. The van der Waals surface area contributed by atoms with Crippen molar-refractivity contribution in [3.63, 3.8) is 0 Å². The Morgan fingerprint density at radius 2 is 1.92 bits per heavy atom. The summed E-state index contributed by atoms with van der Waals surface area (Å²) in [6, 6.07) is 16.4. The standard InChI is InChI=1S/C19H13BrFN3/c1-11-3-2-4-13(7-11)18-9-14(15(10-22)19(23)24-18)12-5-6-17(21)16(20)8-12/h2-9H,1H3,(H2,23,24). The normalized spacial score (nSPS) is 10.4. The quantitative estimate of drug-likeness (QED) is 0.672. The van der Waals surface area contributed by atoms with E-state index in [9.17, 15) is 9.65 Å². The molecule has 0 aliphatic carbocycles. The van der Waals surface area contributed by atoms with Crippen molar-refractivity contribution in [1.29, 1.82) is 5.26 Å². The first kappa shape index (κ1) is 16.2. The molecule has 3 rings (SSSR count). The van der Waals surface area contributed by atoms with Gasteiger partial charge in [-0.1, -0.05) is 29.8 Å². The summed E-state index contributed by atoms with van der Waals surface area (Å²) in [7, 11) is 0. The zero-order chi connectivity index (χ0) is 17.3. The number of halogens is 2. The van der Waals surface area contributed by atoms with E-state index >= 15 is 0 Å². The fourth-order valence-corrected chi connectivity index (χ4v) is 2.90. The van der Waals surface area contributed by atoms with Gasteiger partial charge in [-0.15, -0.1) is 0 Å². The van der Waals surface area contributed by atoms with Gasteiger partial charge >= 0.3 is 0 Å². The highest BCUT2D eigenvalue weighted by atomic mass is 79.9. The van der Waals surface area contributed by atoms with Crippen molar-refractivity contribution in [2.75, 3.05) is 5.73 Å². The highest BCUT2D eigenvalue weighted by molar-refractivity contribution is 9.10. The highest BCUT2D eigenvalue weighted by Gasteiger charge is 2.14. The Balaban J connectivity index is 2.24. The van der Waals surface area contributed by atoms with E-state index in [-0.39, 0.29) is 17.2 Å². The van der Waals surface area contributed by atoms with Gasteiger partial charge in [0.1, 0.15) is 23.3 Å². The van der Waals surface area contributed by atoms with Gasteiger partial charge in [-0.25, -0.2) is 9.37 Å². The molecule has 3 nitrogen and oxygen atoms in total. The van der Waals surface area contributed by atoms with Crippen LogP contribution in [0.1, 0.15) is 11.1 Å². The van der Waals surface area contributed by atoms with Gasteiger partial charge in [0.25, 0.3) is 0 Å². The number of nitrogens with two attached hydrogens (primary N) is 1. The zero-order valence-electron chi connectivity index (χ0n) is 12.8. The van der Waals surface area contributed by atoms with Gasteiger partial charge in [0.15, 0.2) is 0 Å². The molecule has 0 saturated carbocycles. The van der Waals surface area contributed by atoms with Crippen molar-refractivity contribution in [3.05, 3.63) is 69.9 Å². The number of pyridine rings is 1. The van der Waals surface area contributed by atoms with Gasteiger partial charge < -0.3 is 5.73 Å². The second-order valence-electron chi connectivity index (χ2n) is 5.43. The molecule has 0 bridgehead atoms. The molecule has 0 fully saturated rings. The lowest BCUT2D eigenvalue weighted by atomic mass is 9.98. The number of hydrogen-bond donors (Lipinski definition) is 1. The van der Waals surface area contributed by atoms with Crippen molar-refractivity contribution in [2.45, 2.75) is 6.92 Å². The molecule has 2 N–H and O–H groups in total. The summed E-state index contributed by atoms with van der Waals surface area (Å²) < 4.78 is 13.8. The van der Waals surface area contributed by atoms with Crippen LogP contribution in [0.25, 0.3) is 22.4 Å². The fourth-order valence-electron chi connectivity index (χ4n) is 2.53. The molecule has 2 aromatic carbocycles. The lowest BCUT2D eigenvalue weighted by Gasteiger charge is -2.11. The molecule has 1 aromatic heterocycles. The summed E-state index contributed by atoms with van der Waals surface area (Å²) in [6.07, 6.45) is 0. The molecule has 0 saturated heterocycles. The van der Waals surface area contributed by atoms with Gasteiger partial charge in [-0.05, 0) is 52.7 Å². The first-order valence-corrected chi connectivity index (χ1v) is 8.02. The number of nitriles is 1. The molecule has 0 amide bonds. The molecular weight excluding hydrogens is 369 g/mol. The van der Waals surface area contributed by atoms with Crippen molar-refractivity contribution in [2.24, 2.45) is 0 Å². The number of anilines is 1. The molecule has 0 spiro atoms. The SMILES string of the molecule is Cc1cccc(-c2cc(-c3ccc(F)c(Br)c3)c(C#N)c(N)n2)c1. The van der Waals surface area contributed by atoms with Crippen LogP contribution < -0.4 is 5.73 Å². The Hall–Kier alpha value is -2.71. The summed E-state index contributed by atoms with van der Waals surface area (Å²) in [5, 5.41) is 9.43. The van der Waals surface area contributed by atoms with Crippen molar-refractivity contribution in [1.82, 2.24) is 4.98 Å². The van der Waals surface area contributed by atoms with E-state index in [4.69, 9.17) is 5.73 Å². The third-order valence-electron chi connectivity index (χ3n) is 3.70. The van der Waals surface area contributed by atoms with E-state index in [1.807, 2.05) is 37.3 Å². The van der Waals surface area contributed by atoms with Gasteiger partial charge in [0.2, 0.25) is 0 Å². The van der Waals surface area contributed by atoms with Crippen LogP contribution in [0.5, 0.6) is 0 Å². The van der Waals surface area contributed by atoms with Crippen molar-refractivity contribution in [3.8, 4) is 28.5 Å². The lowest BCUT2D eigenvalue weighted by molar-refractivity contribution is 0.621. The Morgan fingerprint density at radius 1 is 1.12 bits per heavy atom. The molecule has 118 valence electrons. The zero-order valence-corrected chi connectivity index (χ0v) is 14.4. The minimum Gasteiger partial charge on any atom is -0.383 e. The third kappa shape index (κ3) is 3.01.